The summed E-state index contributed by atoms with van der Waals surface area (Å²) in [7, 11) is 0. The van der Waals surface area contributed by atoms with Crippen molar-refractivity contribution < 1.29 is 18.3 Å². The summed E-state index contributed by atoms with van der Waals surface area (Å²) in [5.41, 5.74) is -0.0604. The number of aliphatic hydroxyl groups is 1. The molecule has 0 spiro atoms. The lowest BCUT2D eigenvalue weighted by atomic mass is 10.2. The zero-order valence-corrected chi connectivity index (χ0v) is 10.1. The van der Waals surface area contributed by atoms with Gasteiger partial charge in [-0.3, -0.25) is 0 Å². The number of hydrogen-bond donors (Lipinski definition) is 1. The van der Waals surface area contributed by atoms with Crippen molar-refractivity contribution in [1.29, 1.82) is 0 Å². The van der Waals surface area contributed by atoms with Gasteiger partial charge in [0.05, 0.1) is 18.0 Å². The van der Waals surface area contributed by atoms with Crippen molar-refractivity contribution in [3.8, 4) is 5.69 Å². The predicted molar refractivity (Wildman–Crippen MR) is 64.0 cm³/mol. The molecule has 0 saturated carbocycles. The van der Waals surface area contributed by atoms with Crippen molar-refractivity contribution in [1.82, 2.24) is 9.78 Å². The molecule has 0 atom stereocenters. The molecule has 0 aliphatic carbocycles. The normalized spacial score (nSPS) is 11.6. The van der Waals surface area contributed by atoms with E-state index in [-0.39, 0.29) is 12.3 Å². The van der Waals surface area contributed by atoms with Gasteiger partial charge in [0.1, 0.15) is 6.54 Å². The molecule has 1 aromatic heterocycles. The minimum atomic E-state index is -4.59. The van der Waals surface area contributed by atoms with Gasteiger partial charge in [-0.15, -0.1) is 0 Å². The summed E-state index contributed by atoms with van der Waals surface area (Å²) < 4.78 is 38.9. The number of alkyl halides is 3. The Balaban J connectivity index is 2.47. The Morgan fingerprint density at radius 1 is 1.25 bits per heavy atom. The van der Waals surface area contributed by atoms with Gasteiger partial charge in [-0.05, 0) is 23.8 Å². The van der Waals surface area contributed by atoms with Crippen LogP contribution in [0.25, 0.3) is 5.69 Å². The molecule has 0 saturated heterocycles. The number of halogens is 3. The highest BCUT2D eigenvalue weighted by molar-refractivity contribution is 5.36. The molecular formula is C12H10F3N3O2. The molecule has 1 N–H and O–H groups in total. The molecule has 1 aromatic carbocycles. The van der Waals surface area contributed by atoms with Crippen molar-refractivity contribution >= 4 is 0 Å². The fourth-order valence-corrected chi connectivity index (χ4v) is 1.70. The van der Waals surface area contributed by atoms with E-state index < -0.39 is 18.4 Å². The van der Waals surface area contributed by atoms with Crippen LogP contribution in [0.2, 0.25) is 0 Å². The fourth-order valence-electron chi connectivity index (χ4n) is 1.70. The molecule has 20 heavy (non-hydrogen) atoms. The molecule has 0 unspecified atom stereocenters. The first kappa shape index (κ1) is 14.2. The van der Waals surface area contributed by atoms with Gasteiger partial charge in [0.15, 0.2) is 5.69 Å². The number of aliphatic hydroxyl groups excluding tert-OH is 1. The lowest BCUT2D eigenvalue weighted by Crippen LogP contribution is -2.07. The van der Waals surface area contributed by atoms with Crippen LogP contribution in [-0.2, 0) is 19.3 Å². The standard InChI is InChI=1S/C12H10F3N3O2/c13-12(14,15)11-5-10(6-16-20)18(17-11)9-3-1-8(7-19)2-4-9/h1-5,19H,6-7H2. The maximum atomic E-state index is 12.6. The molecule has 2 rings (SSSR count). The molecule has 2 aromatic rings. The van der Waals surface area contributed by atoms with Gasteiger partial charge in [0.25, 0.3) is 0 Å². The predicted octanol–water partition coefficient (Wildman–Crippen LogP) is 2.65. The number of rotatable bonds is 4. The van der Waals surface area contributed by atoms with Gasteiger partial charge in [-0.25, -0.2) is 4.68 Å². The lowest BCUT2D eigenvalue weighted by Gasteiger charge is -2.06. The molecule has 5 nitrogen and oxygen atoms in total. The summed E-state index contributed by atoms with van der Waals surface area (Å²) in [6.45, 7) is -0.583. The van der Waals surface area contributed by atoms with Crippen molar-refractivity contribution in [2.45, 2.75) is 19.3 Å². The average molecular weight is 285 g/mol. The van der Waals surface area contributed by atoms with E-state index >= 15 is 0 Å². The van der Waals surface area contributed by atoms with Gasteiger partial charge < -0.3 is 5.11 Å². The fraction of sp³-hybridized carbons (Fsp3) is 0.250. The first-order valence-corrected chi connectivity index (χ1v) is 5.61. The van der Waals surface area contributed by atoms with Gasteiger partial charge in [-0.1, -0.05) is 17.3 Å². The highest BCUT2D eigenvalue weighted by Crippen LogP contribution is 2.29. The van der Waals surface area contributed by atoms with Crippen LogP contribution in [-0.4, -0.2) is 14.9 Å². The highest BCUT2D eigenvalue weighted by Gasteiger charge is 2.35. The molecule has 1 heterocycles. The number of aromatic nitrogens is 2. The SMILES string of the molecule is O=NCc1cc(C(F)(F)F)nn1-c1ccc(CO)cc1. The average Bonchev–Trinajstić information content (AvgIpc) is 2.83. The lowest BCUT2D eigenvalue weighted by molar-refractivity contribution is -0.141. The van der Waals surface area contributed by atoms with Gasteiger partial charge in [-0.2, -0.15) is 23.2 Å². The summed E-state index contributed by atoms with van der Waals surface area (Å²) in [5.74, 6) is 0. The van der Waals surface area contributed by atoms with Gasteiger partial charge in [0, 0.05) is 0 Å². The minimum Gasteiger partial charge on any atom is -0.392 e. The molecule has 0 radical (unpaired) electrons. The second kappa shape index (κ2) is 5.41. The van der Waals surface area contributed by atoms with E-state index in [1.807, 2.05) is 0 Å². The topological polar surface area (TPSA) is 67.5 Å². The van der Waals surface area contributed by atoms with Crippen LogP contribution >= 0.6 is 0 Å². The number of benzene rings is 1. The Morgan fingerprint density at radius 3 is 2.40 bits per heavy atom. The van der Waals surface area contributed by atoms with Crippen molar-refractivity contribution in [2.24, 2.45) is 5.18 Å². The van der Waals surface area contributed by atoms with Crippen LogP contribution < -0.4 is 0 Å². The molecule has 0 amide bonds. The van der Waals surface area contributed by atoms with Crippen LogP contribution in [0.15, 0.2) is 35.5 Å². The maximum Gasteiger partial charge on any atom is 0.435 e. The number of nitrogens with zero attached hydrogens (tertiary/aromatic N) is 3. The molecule has 0 aliphatic heterocycles. The number of nitroso groups, excluding NO2 is 1. The summed E-state index contributed by atoms with van der Waals surface area (Å²) in [6, 6.07) is 6.92. The van der Waals surface area contributed by atoms with Crippen LogP contribution in [0.3, 0.4) is 0 Å². The Morgan fingerprint density at radius 2 is 1.90 bits per heavy atom. The Labute approximate surface area is 111 Å². The van der Waals surface area contributed by atoms with Crippen LogP contribution in [0.1, 0.15) is 17.0 Å². The third kappa shape index (κ3) is 2.85. The van der Waals surface area contributed by atoms with Crippen LogP contribution in [0.5, 0.6) is 0 Å². The number of hydrogen-bond acceptors (Lipinski definition) is 4. The molecule has 0 aliphatic rings. The van der Waals surface area contributed by atoms with E-state index in [0.717, 1.165) is 10.7 Å². The Kier molecular flexibility index (Phi) is 3.84. The summed E-state index contributed by atoms with van der Waals surface area (Å²) in [6.07, 6.45) is -4.59. The molecule has 0 bridgehead atoms. The first-order valence-electron chi connectivity index (χ1n) is 5.61. The minimum absolute atomic E-state index is 0.0454. The third-order valence-corrected chi connectivity index (χ3v) is 2.66. The van der Waals surface area contributed by atoms with E-state index in [0.29, 0.717) is 11.3 Å². The quantitative estimate of drug-likeness (QED) is 0.878. The van der Waals surface area contributed by atoms with Crippen molar-refractivity contribution in [3.63, 3.8) is 0 Å². The largest absolute Gasteiger partial charge is 0.435 e. The smallest absolute Gasteiger partial charge is 0.392 e. The zero-order chi connectivity index (χ0) is 14.8. The van der Waals surface area contributed by atoms with Crippen LogP contribution in [0, 0.1) is 4.91 Å². The van der Waals surface area contributed by atoms with Crippen LogP contribution in [0.4, 0.5) is 13.2 Å². The second-order valence-corrected chi connectivity index (χ2v) is 4.04. The monoisotopic (exact) mass is 285 g/mol. The van der Waals surface area contributed by atoms with E-state index in [4.69, 9.17) is 5.11 Å². The van der Waals surface area contributed by atoms with Crippen molar-refractivity contribution in [2.75, 3.05) is 0 Å². The summed E-state index contributed by atoms with van der Waals surface area (Å²) >= 11 is 0. The van der Waals surface area contributed by atoms with Crippen molar-refractivity contribution in [3.05, 3.63) is 52.2 Å². The van der Waals surface area contributed by atoms with Gasteiger partial charge >= 0.3 is 6.18 Å². The zero-order valence-electron chi connectivity index (χ0n) is 10.1. The molecule has 0 fully saturated rings. The molecule has 8 heteroatoms. The second-order valence-electron chi connectivity index (χ2n) is 4.04. The Bertz CT molecular complexity index is 605. The summed E-state index contributed by atoms with van der Waals surface area (Å²) in [5, 5.41) is 15.0. The van der Waals surface area contributed by atoms with E-state index in [1.165, 1.54) is 12.1 Å². The highest BCUT2D eigenvalue weighted by atomic mass is 19.4. The Hall–Kier alpha value is -2.22. The molecule has 106 valence electrons. The van der Waals surface area contributed by atoms with Gasteiger partial charge in [0.2, 0.25) is 0 Å². The maximum absolute atomic E-state index is 12.6. The third-order valence-electron chi connectivity index (χ3n) is 2.66. The van der Waals surface area contributed by atoms with E-state index in [1.54, 1.807) is 12.1 Å². The first-order chi connectivity index (χ1) is 9.45. The summed E-state index contributed by atoms with van der Waals surface area (Å²) in [4.78, 5) is 10.3. The molecular weight excluding hydrogens is 275 g/mol. The van der Waals surface area contributed by atoms with E-state index in [2.05, 4.69) is 10.3 Å². The van der Waals surface area contributed by atoms with E-state index in [9.17, 15) is 18.1 Å².